The van der Waals surface area contributed by atoms with Crippen molar-refractivity contribution in [2.45, 2.75) is 0 Å². The van der Waals surface area contributed by atoms with Crippen LogP contribution in [0.3, 0.4) is 0 Å². The monoisotopic (exact) mass is 372 g/mol. The molecule has 3 aromatic rings. The summed E-state index contributed by atoms with van der Waals surface area (Å²) < 4.78 is 9.51. The van der Waals surface area contributed by atoms with Crippen LogP contribution in [0, 0.1) is 0 Å². The van der Waals surface area contributed by atoms with E-state index in [1.54, 1.807) is 24.3 Å². The van der Waals surface area contributed by atoms with Crippen molar-refractivity contribution in [3.8, 4) is 0 Å². The van der Waals surface area contributed by atoms with Crippen LogP contribution in [-0.2, 0) is 9.47 Å². The van der Waals surface area contributed by atoms with Crippen LogP contribution in [0.15, 0.2) is 78.9 Å². The molecule has 0 unspecified atom stereocenters. The van der Waals surface area contributed by atoms with Gasteiger partial charge >= 0.3 is 11.9 Å². The van der Waals surface area contributed by atoms with Crippen molar-refractivity contribution >= 4 is 23.6 Å². The molecule has 0 radical (unpaired) electrons. The molecule has 0 bridgehead atoms. The summed E-state index contributed by atoms with van der Waals surface area (Å²) in [5.41, 5.74) is 4.97. The second-order valence-corrected chi connectivity index (χ2v) is 6.11. The van der Waals surface area contributed by atoms with E-state index >= 15 is 0 Å². The van der Waals surface area contributed by atoms with E-state index in [0.717, 1.165) is 22.3 Å². The molecule has 0 saturated carbocycles. The third-order valence-corrected chi connectivity index (χ3v) is 4.34. The van der Waals surface area contributed by atoms with Crippen LogP contribution in [0.2, 0.25) is 0 Å². The molecule has 0 atom stereocenters. The van der Waals surface area contributed by atoms with E-state index in [9.17, 15) is 9.59 Å². The number of benzene rings is 3. The molecule has 28 heavy (non-hydrogen) atoms. The Labute approximate surface area is 164 Å². The van der Waals surface area contributed by atoms with Crippen molar-refractivity contribution in [2.75, 3.05) is 14.2 Å². The predicted molar refractivity (Wildman–Crippen MR) is 109 cm³/mol. The van der Waals surface area contributed by atoms with Gasteiger partial charge in [0.25, 0.3) is 0 Å². The second kappa shape index (κ2) is 8.82. The molecule has 0 amide bonds. The van der Waals surface area contributed by atoms with Crippen LogP contribution < -0.4 is 0 Å². The number of hydrogen-bond acceptors (Lipinski definition) is 4. The van der Waals surface area contributed by atoms with Crippen molar-refractivity contribution in [3.63, 3.8) is 0 Å². The highest BCUT2D eigenvalue weighted by molar-refractivity contribution is 5.94. The van der Waals surface area contributed by atoms with E-state index in [0.29, 0.717) is 11.1 Å². The van der Waals surface area contributed by atoms with E-state index in [-0.39, 0.29) is 11.9 Å². The van der Waals surface area contributed by atoms with Gasteiger partial charge in [-0.05, 0) is 52.6 Å². The number of carbonyl (C=O) groups is 2. The first-order chi connectivity index (χ1) is 13.6. The Kier molecular flexibility index (Phi) is 6.02. The first-order valence-corrected chi connectivity index (χ1v) is 8.76. The molecule has 3 rings (SSSR count). The molecule has 0 aliphatic heterocycles. The Morgan fingerprint density at radius 1 is 0.607 bits per heavy atom. The van der Waals surface area contributed by atoms with Crippen LogP contribution in [-0.4, -0.2) is 26.2 Å². The summed E-state index contributed by atoms with van der Waals surface area (Å²) in [6.45, 7) is 0. The Bertz CT molecular complexity index is 985. The van der Waals surface area contributed by atoms with Gasteiger partial charge < -0.3 is 9.47 Å². The Morgan fingerprint density at radius 3 is 1.54 bits per heavy atom. The van der Waals surface area contributed by atoms with Gasteiger partial charge in [0.05, 0.1) is 25.3 Å². The fraction of sp³-hybridized carbons (Fsp3) is 0.0833. The molecule has 4 heteroatoms. The number of ether oxygens (including phenoxy) is 2. The summed E-state index contributed by atoms with van der Waals surface area (Å²) in [5, 5.41) is 0. The number of esters is 2. The standard InChI is InChI=1S/C24H20O4/c1-27-23(25)20-10-8-17(9-11-20)16-22(18-6-4-3-5-7-18)19-12-14-21(15-13-19)24(26)28-2/h3-16H,1-2H3/b22-16-. The van der Waals surface area contributed by atoms with Crippen LogP contribution in [0.1, 0.15) is 37.4 Å². The third-order valence-electron chi connectivity index (χ3n) is 4.34. The van der Waals surface area contributed by atoms with Gasteiger partial charge in [-0.1, -0.05) is 54.6 Å². The maximum Gasteiger partial charge on any atom is 0.337 e. The number of carbonyl (C=O) groups excluding carboxylic acids is 2. The van der Waals surface area contributed by atoms with Gasteiger partial charge in [-0.15, -0.1) is 0 Å². The van der Waals surface area contributed by atoms with Crippen molar-refractivity contribution in [1.82, 2.24) is 0 Å². The van der Waals surface area contributed by atoms with Gasteiger partial charge in [-0.3, -0.25) is 0 Å². The normalized spacial score (nSPS) is 11.0. The number of methoxy groups -OCH3 is 2. The molecule has 0 heterocycles. The summed E-state index contributed by atoms with van der Waals surface area (Å²) in [6.07, 6.45) is 2.05. The van der Waals surface area contributed by atoms with Gasteiger partial charge in [-0.2, -0.15) is 0 Å². The fourth-order valence-corrected chi connectivity index (χ4v) is 2.85. The quantitative estimate of drug-likeness (QED) is 0.475. The van der Waals surface area contributed by atoms with Crippen LogP contribution >= 0.6 is 0 Å². The van der Waals surface area contributed by atoms with Gasteiger partial charge in [0, 0.05) is 0 Å². The lowest BCUT2D eigenvalue weighted by Crippen LogP contribution is -2.01. The van der Waals surface area contributed by atoms with Gasteiger partial charge in [0.2, 0.25) is 0 Å². The first-order valence-electron chi connectivity index (χ1n) is 8.76. The topological polar surface area (TPSA) is 52.6 Å². The van der Waals surface area contributed by atoms with Crippen LogP contribution in [0.25, 0.3) is 11.6 Å². The Hall–Kier alpha value is -3.66. The molecule has 0 N–H and O–H groups in total. The molecule has 0 aromatic heterocycles. The number of rotatable bonds is 5. The largest absolute Gasteiger partial charge is 0.465 e. The van der Waals surface area contributed by atoms with Crippen molar-refractivity contribution in [1.29, 1.82) is 0 Å². The second-order valence-electron chi connectivity index (χ2n) is 6.11. The molecule has 3 aromatic carbocycles. The Morgan fingerprint density at radius 2 is 1.04 bits per heavy atom. The van der Waals surface area contributed by atoms with E-state index in [1.807, 2.05) is 60.7 Å². The minimum atomic E-state index is -0.366. The SMILES string of the molecule is COC(=O)c1ccc(/C=C(/c2ccccc2)c2ccc(C(=O)OC)cc2)cc1. The lowest BCUT2D eigenvalue weighted by atomic mass is 9.95. The lowest BCUT2D eigenvalue weighted by molar-refractivity contribution is 0.0592. The van der Waals surface area contributed by atoms with Crippen LogP contribution in [0.4, 0.5) is 0 Å². The third kappa shape index (κ3) is 4.35. The van der Waals surface area contributed by atoms with Crippen molar-refractivity contribution < 1.29 is 19.1 Å². The maximum absolute atomic E-state index is 11.7. The summed E-state index contributed by atoms with van der Waals surface area (Å²) in [7, 11) is 2.73. The van der Waals surface area contributed by atoms with Crippen molar-refractivity contribution in [3.05, 3.63) is 107 Å². The van der Waals surface area contributed by atoms with Gasteiger partial charge in [0.15, 0.2) is 0 Å². The summed E-state index contributed by atoms with van der Waals surface area (Å²) in [6, 6.07) is 24.5. The maximum atomic E-state index is 11.7. The zero-order chi connectivity index (χ0) is 19.9. The van der Waals surface area contributed by atoms with E-state index in [1.165, 1.54) is 14.2 Å². The summed E-state index contributed by atoms with van der Waals surface area (Å²) in [4.78, 5) is 23.3. The molecular weight excluding hydrogens is 352 g/mol. The average Bonchev–Trinajstić information content (AvgIpc) is 2.77. The molecule has 0 spiro atoms. The molecule has 4 nitrogen and oxygen atoms in total. The van der Waals surface area contributed by atoms with E-state index < -0.39 is 0 Å². The van der Waals surface area contributed by atoms with Gasteiger partial charge in [-0.25, -0.2) is 9.59 Å². The summed E-state index contributed by atoms with van der Waals surface area (Å²) >= 11 is 0. The first kappa shape index (κ1) is 19.1. The fourth-order valence-electron chi connectivity index (χ4n) is 2.85. The zero-order valence-corrected chi connectivity index (χ0v) is 15.7. The molecule has 0 aliphatic rings. The van der Waals surface area contributed by atoms with E-state index in [4.69, 9.17) is 9.47 Å². The minimum absolute atomic E-state index is 0.364. The van der Waals surface area contributed by atoms with Crippen LogP contribution in [0.5, 0.6) is 0 Å². The molecule has 0 fully saturated rings. The molecule has 0 aliphatic carbocycles. The average molecular weight is 372 g/mol. The van der Waals surface area contributed by atoms with E-state index in [2.05, 4.69) is 0 Å². The highest BCUT2D eigenvalue weighted by Gasteiger charge is 2.09. The molecule has 0 saturated heterocycles. The lowest BCUT2D eigenvalue weighted by Gasteiger charge is -2.10. The number of hydrogen-bond donors (Lipinski definition) is 0. The molecular formula is C24H20O4. The Balaban J connectivity index is 2.01. The van der Waals surface area contributed by atoms with Crippen molar-refractivity contribution in [2.24, 2.45) is 0 Å². The summed E-state index contributed by atoms with van der Waals surface area (Å²) in [5.74, 6) is -0.729. The van der Waals surface area contributed by atoms with Gasteiger partial charge in [0.1, 0.15) is 0 Å². The minimum Gasteiger partial charge on any atom is -0.465 e. The predicted octanol–water partition coefficient (Wildman–Crippen LogP) is 4.85. The highest BCUT2D eigenvalue weighted by atomic mass is 16.5. The smallest absolute Gasteiger partial charge is 0.337 e. The molecule has 140 valence electrons. The zero-order valence-electron chi connectivity index (χ0n) is 15.7. The highest BCUT2D eigenvalue weighted by Crippen LogP contribution is 2.26.